The highest BCUT2D eigenvalue weighted by molar-refractivity contribution is 6.10. The molecule has 0 unspecified atom stereocenters. The van der Waals surface area contributed by atoms with Gasteiger partial charge in [-0.05, 0) is 36.8 Å². The first-order chi connectivity index (χ1) is 17.8. The number of carbonyl (C=O) groups excluding carboxylic acids is 4. The Morgan fingerprint density at radius 3 is 2.57 bits per heavy atom. The Morgan fingerprint density at radius 2 is 1.81 bits per heavy atom. The summed E-state index contributed by atoms with van der Waals surface area (Å²) in [7, 11) is 1.62. The van der Waals surface area contributed by atoms with Crippen LogP contribution in [-0.4, -0.2) is 49.9 Å². The smallest absolute Gasteiger partial charge is 0.272 e. The summed E-state index contributed by atoms with van der Waals surface area (Å²) in [5, 5.41) is 12.5. The molecule has 0 atom stereocenters. The van der Waals surface area contributed by atoms with E-state index in [2.05, 4.69) is 31.0 Å². The molecule has 3 amide bonds. The Morgan fingerprint density at radius 1 is 1.05 bits per heavy atom. The molecule has 1 aliphatic heterocycles. The van der Waals surface area contributed by atoms with Crippen LogP contribution in [0.5, 0.6) is 5.75 Å². The van der Waals surface area contributed by atoms with Crippen molar-refractivity contribution in [3.8, 4) is 5.75 Å². The van der Waals surface area contributed by atoms with E-state index in [9.17, 15) is 19.2 Å². The number of amides is 3. The van der Waals surface area contributed by atoms with Crippen molar-refractivity contribution >= 4 is 46.0 Å². The van der Waals surface area contributed by atoms with Crippen molar-refractivity contribution in [2.24, 2.45) is 7.05 Å². The molecule has 0 aliphatic carbocycles. The van der Waals surface area contributed by atoms with Crippen LogP contribution in [0.3, 0.4) is 0 Å². The van der Waals surface area contributed by atoms with Crippen LogP contribution in [0.15, 0.2) is 48.8 Å². The summed E-state index contributed by atoms with van der Waals surface area (Å²) in [6, 6.07) is 11.5. The van der Waals surface area contributed by atoms with Gasteiger partial charge in [-0.1, -0.05) is 18.2 Å². The number of hydrogen-bond acceptors (Lipinski definition) is 8. The average molecular weight is 499 g/mol. The van der Waals surface area contributed by atoms with E-state index in [4.69, 9.17) is 4.74 Å². The van der Waals surface area contributed by atoms with E-state index in [1.165, 1.54) is 17.9 Å². The van der Waals surface area contributed by atoms with Crippen LogP contribution in [0.4, 0.5) is 11.5 Å². The minimum atomic E-state index is -0.467. The molecule has 4 aromatic rings. The summed E-state index contributed by atoms with van der Waals surface area (Å²) in [6.45, 7) is 1.58. The van der Waals surface area contributed by atoms with Crippen LogP contribution in [0.2, 0.25) is 0 Å². The average Bonchev–Trinajstić information content (AvgIpc) is 3.22. The summed E-state index contributed by atoms with van der Waals surface area (Å²) in [6.07, 6.45) is 1.22. The van der Waals surface area contributed by atoms with E-state index in [1.807, 2.05) is 0 Å². The maximum absolute atomic E-state index is 13.0. The van der Waals surface area contributed by atoms with Crippen LogP contribution < -0.4 is 20.7 Å². The van der Waals surface area contributed by atoms with Crippen LogP contribution in [0, 0.1) is 0 Å². The Bertz CT molecular complexity index is 1580. The standard InChI is InChI=1S/C25H21N7O5/c1-13(33)15-4-6-16(7-5-15)24(35)30-23-20-22(32(2)31-23)21(28-12-27-20)25(36)26-10-14-3-8-18-17(9-14)29-19(34)11-37-18/h3-9,12H,10-11H2,1-2H3,(H,26,36)(H,29,34)(H,30,31,35). The first-order valence-corrected chi connectivity index (χ1v) is 11.2. The van der Waals surface area contributed by atoms with Gasteiger partial charge in [0.1, 0.15) is 23.1 Å². The molecule has 0 bridgehead atoms. The molecule has 1 aliphatic rings. The first kappa shape index (κ1) is 23.6. The lowest BCUT2D eigenvalue weighted by Crippen LogP contribution is -2.26. The van der Waals surface area contributed by atoms with Crippen molar-refractivity contribution in [1.82, 2.24) is 25.1 Å². The number of fused-ring (bicyclic) bond motifs is 2. The number of ketones is 1. The monoisotopic (exact) mass is 499 g/mol. The summed E-state index contributed by atoms with van der Waals surface area (Å²) in [5.74, 6) is -0.525. The number of aryl methyl sites for hydroxylation is 1. The molecule has 5 rings (SSSR count). The van der Waals surface area contributed by atoms with E-state index in [1.54, 1.807) is 49.5 Å². The Labute approximate surface area is 210 Å². The molecule has 2 aromatic heterocycles. The SMILES string of the molecule is CC(=O)c1ccc(C(=O)Nc2nn(C)c3c(C(=O)NCc4ccc5c(c4)NC(=O)CO5)ncnc23)cc1. The molecule has 186 valence electrons. The third-order valence-electron chi connectivity index (χ3n) is 5.75. The lowest BCUT2D eigenvalue weighted by atomic mass is 10.1. The molecule has 3 heterocycles. The number of anilines is 2. The topological polar surface area (TPSA) is 157 Å². The van der Waals surface area contributed by atoms with Gasteiger partial charge in [0.25, 0.3) is 17.7 Å². The van der Waals surface area contributed by atoms with Crippen molar-refractivity contribution < 1.29 is 23.9 Å². The fourth-order valence-electron chi connectivity index (χ4n) is 3.90. The number of nitrogens with one attached hydrogen (secondary N) is 3. The summed E-state index contributed by atoms with van der Waals surface area (Å²) >= 11 is 0. The molecule has 37 heavy (non-hydrogen) atoms. The van der Waals surface area contributed by atoms with Gasteiger partial charge in [0, 0.05) is 24.7 Å². The lowest BCUT2D eigenvalue weighted by Gasteiger charge is -2.18. The van der Waals surface area contributed by atoms with E-state index in [0.717, 1.165) is 5.56 Å². The molecular formula is C25H21N7O5. The lowest BCUT2D eigenvalue weighted by molar-refractivity contribution is -0.118. The number of nitrogens with zero attached hydrogens (tertiary/aromatic N) is 4. The van der Waals surface area contributed by atoms with Gasteiger partial charge in [0.2, 0.25) is 0 Å². The number of hydrogen-bond donors (Lipinski definition) is 3. The predicted octanol–water partition coefficient (Wildman–Crippen LogP) is 2.08. The number of aromatic nitrogens is 4. The van der Waals surface area contributed by atoms with Crippen LogP contribution in [0.25, 0.3) is 11.0 Å². The van der Waals surface area contributed by atoms with Crippen LogP contribution >= 0.6 is 0 Å². The number of Topliss-reactive ketones (excluding diaryl/α,β-unsaturated/α-hetero) is 1. The maximum atomic E-state index is 13.0. The van der Waals surface area contributed by atoms with Crippen LogP contribution in [0.1, 0.15) is 43.7 Å². The molecule has 2 aromatic carbocycles. The molecule has 3 N–H and O–H groups in total. The van der Waals surface area contributed by atoms with E-state index in [-0.39, 0.29) is 36.4 Å². The van der Waals surface area contributed by atoms with Gasteiger partial charge in [0.15, 0.2) is 23.9 Å². The van der Waals surface area contributed by atoms with E-state index < -0.39 is 11.8 Å². The number of rotatable bonds is 6. The summed E-state index contributed by atoms with van der Waals surface area (Å²) in [4.78, 5) is 57.1. The molecule has 0 fully saturated rings. The summed E-state index contributed by atoms with van der Waals surface area (Å²) < 4.78 is 6.77. The van der Waals surface area contributed by atoms with Crippen LogP contribution in [-0.2, 0) is 18.4 Å². The zero-order valence-electron chi connectivity index (χ0n) is 19.9. The zero-order chi connectivity index (χ0) is 26.1. The molecule has 0 spiro atoms. The second-order valence-electron chi connectivity index (χ2n) is 8.33. The molecule has 0 saturated carbocycles. The molecular weight excluding hydrogens is 478 g/mol. The van der Waals surface area contributed by atoms with Gasteiger partial charge >= 0.3 is 0 Å². The molecule has 12 heteroatoms. The van der Waals surface area contributed by atoms with E-state index >= 15 is 0 Å². The number of carbonyl (C=O) groups is 4. The second kappa shape index (κ2) is 9.49. The second-order valence-corrected chi connectivity index (χ2v) is 8.33. The van der Waals surface area contributed by atoms with Gasteiger partial charge in [0.05, 0.1) is 5.69 Å². The normalized spacial score (nSPS) is 12.3. The van der Waals surface area contributed by atoms with Gasteiger partial charge < -0.3 is 20.7 Å². The molecule has 0 saturated heterocycles. The van der Waals surface area contributed by atoms with Gasteiger partial charge in [-0.15, -0.1) is 0 Å². The minimum absolute atomic E-state index is 0.0356. The van der Waals surface area contributed by atoms with Crippen molar-refractivity contribution in [1.29, 1.82) is 0 Å². The van der Waals surface area contributed by atoms with Crippen molar-refractivity contribution in [2.75, 3.05) is 17.2 Å². The third-order valence-corrected chi connectivity index (χ3v) is 5.75. The van der Waals surface area contributed by atoms with Gasteiger partial charge in [-0.2, -0.15) is 5.10 Å². The highest BCUT2D eigenvalue weighted by Gasteiger charge is 2.22. The fourth-order valence-corrected chi connectivity index (χ4v) is 3.90. The van der Waals surface area contributed by atoms with Crippen molar-refractivity contribution in [3.63, 3.8) is 0 Å². The Kier molecular flexibility index (Phi) is 6.05. The zero-order valence-corrected chi connectivity index (χ0v) is 19.9. The number of ether oxygens (including phenoxy) is 1. The number of benzene rings is 2. The van der Waals surface area contributed by atoms with Crippen molar-refractivity contribution in [2.45, 2.75) is 13.5 Å². The third kappa shape index (κ3) is 4.72. The van der Waals surface area contributed by atoms with E-state index in [0.29, 0.717) is 33.6 Å². The fraction of sp³-hybridized carbons (Fsp3) is 0.160. The van der Waals surface area contributed by atoms with Gasteiger partial charge in [-0.3, -0.25) is 23.9 Å². The quantitative estimate of drug-likeness (QED) is 0.340. The predicted molar refractivity (Wildman–Crippen MR) is 132 cm³/mol. The maximum Gasteiger partial charge on any atom is 0.272 e. The minimum Gasteiger partial charge on any atom is -0.482 e. The molecule has 12 nitrogen and oxygen atoms in total. The summed E-state index contributed by atoms with van der Waals surface area (Å²) in [5.41, 5.74) is 2.84. The highest BCUT2D eigenvalue weighted by Crippen LogP contribution is 2.28. The Hall–Kier alpha value is -5.13. The first-order valence-electron chi connectivity index (χ1n) is 11.2. The molecule has 0 radical (unpaired) electrons. The van der Waals surface area contributed by atoms with Crippen molar-refractivity contribution in [3.05, 3.63) is 71.2 Å². The Balaban J connectivity index is 1.34. The largest absolute Gasteiger partial charge is 0.482 e. The highest BCUT2D eigenvalue weighted by atomic mass is 16.5. The van der Waals surface area contributed by atoms with Gasteiger partial charge in [-0.25, -0.2) is 9.97 Å².